The van der Waals surface area contributed by atoms with Gasteiger partial charge in [-0.15, -0.1) is 0 Å². The number of nitrogens with one attached hydrogen (secondary N) is 1. The maximum absolute atomic E-state index is 13.8. The quantitative estimate of drug-likeness (QED) is 0.866. The van der Waals surface area contributed by atoms with Crippen molar-refractivity contribution < 1.29 is 12.8 Å². The summed E-state index contributed by atoms with van der Waals surface area (Å²) in [6, 6.07) is 3.63. The number of hydrogen-bond donors (Lipinski definition) is 2. The second kappa shape index (κ2) is 5.24. The van der Waals surface area contributed by atoms with Crippen LogP contribution in [-0.2, 0) is 10.0 Å². The maximum atomic E-state index is 13.8. The molecule has 18 heavy (non-hydrogen) atoms. The highest BCUT2D eigenvalue weighted by atomic mass is 32.2. The van der Waals surface area contributed by atoms with E-state index in [2.05, 4.69) is 5.32 Å². The Kier molecular flexibility index (Phi) is 4.34. The van der Waals surface area contributed by atoms with Gasteiger partial charge in [-0.2, -0.15) is 0 Å². The van der Waals surface area contributed by atoms with Gasteiger partial charge in [0.1, 0.15) is 5.82 Å². The number of benzene rings is 1. The molecule has 6 heteroatoms. The summed E-state index contributed by atoms with van der Waals surface area (Å²) in [6.45, 7) is 6.00. The number of sulfonamides is 1. The Balaban J connectivity index is 3.08. The summed E-state index contributed by atoms with van der Waals surface area (Å²) >= 11 is 0. The molecule has 0 saturated heterocycles. The molecule has 4 nitrogen and oxygen atoms in total. The molecule has 0 heterocycles. The molecule has 0 aliphatic rings. The first kappa shape index (κ1) is 14.9. The number of hydrogen-bond acceptors (Lipinski definition) is 3. The second-order valence-corrected chi connectivity index (χ2v) is 6.14. The largest absolute Gasteiger partial charge is 0.378 e. The van der Waals surface area contributed by atoms with E-state index >= 15 is 0 Å². The Bertz CT molecular complexity index is 525. The Morgan fingerprint density at radius 1 is 1.33 bits per heavy atom. The van der Waals surface area contributed by atoms with Crippen molar-refractivity contribution in [3.8, 4) is 0 Å². The Morgan fingerprint density at radius 3 is 2.28 bits per heavy atom. The van der Waals surface area contributed by atoms with Crippen molar-refractivity contribution >= 4 is 15.7 Å². The average Bonchev–Trinajstić information content (AvgIpc) is 2.30. The summed E-state index contributed by atoms with van der Waals surface area (Å²) in [6.07, 6.45) is 1.67. The van der Waals surface area contributed by atoms with Gasteiger partial charge in [0, 0.05) is 5.54 Å². The molecule has 0 amide bonds. The van der Waals surface area contributed by atoms with E-state index in [9.17, 15) is 12.8 Å². The molecular weight excluding hydrogens is 255 g/mol. The van der Waals surface area contributed by atoms with Crippen LogP contribution in [0.1, 0.15) is 33.6 Å². The van der Waals surface area contributed by atoms with E-state index in [1.165, 1.54) is 12.1 Å². The third kappa shape index (κ3) is 3.43. The first-order chi connectivity index (χ1) is 8.22. The van der Waals surface area contributed by atoms with Gasteiger partial charge in [-0.25, -0.2) is 17.9 Å². The van der Waals surface area contributed by atoms with Gasteiger partial charge in [0.2, 0.25) is 10.0 Å². The molecule has 3 N–H and O–H groups in total. The molecule has 0 radical (unpaired) electrons. The zero-order valence-corrected chi connectivity index (χ0v) is 11.6. The van der Waals surface area contributed by atoms with Crippen LogP contribution < -0.4 is 10.5 Å². The normalized spacial score (nSPS) is 12.5. The van der Waals surface area contributed by atoms with Crippen molar-refractivity contribution in [2.45, 2.75) is 44.0 Å². The molecule has 0 aromatic heterocycles. The number of nitrogens with two attached hydrogens (primary N) is 1. The van der Waals surface area contributed by atoms with Crippen molar-refractivity contribution in [2.24, 2.45) is 5.14 Å². The zero-order valence-electron chi connectivity index (χ0n) is 10.8. The molecular formula is C12H19FN2O2S. The summed E-state index contributed by atoms with van der Waals surface area (Å²) in [7, 11) is -3.86. The van der Waals surface area contributed by atoms with Gasteiger partial charge in [0.25, 0.3) is 0 Å². The lowest BCUT2D eigenvalue weighted by Crippen LogP contribution is -2.33. The SMILES string of the molecule is CCC(C)(CC)Nc1ccc(S(N)(=O)=O)cc1F. The van der Waals surface area contributed by atoms with Crippen LogP contribution in [0.4, 0.5) is 10.1 Å². The number of rotatable bonds is 5. The maximum Gasteiger partial charge on any atom is 0.238 e. The highest BCUT2D eigenvalue weighted by Crippen LogP contribution is 2.25. The standard InChI is InChI=1S/C12H19FN2O2S/c1-4-12(3,5-2)15-11-7-6-9(8-10(11)13)18(14,16)17/h6-8,15H,4-5H2,1-3H3,(H2,14,16,17). The molecule has 0 fully saturated rings. The highest BCUT2D eigenvalue weighted by Gasteiger charge is 2.21. The first-order valence-electron chi connectivity index (χ1n) is 5.82. The summed E-state index contributed by atoms with van der Waals surface area (Å²) in [5.41, 5.74) is 0.0674. The van der Waals surface area contributed by atoms with Crippen molar-refractivity contribution in [3.05, 3.63) is 24.0 Å². The van der Waals surface area contributed by atoms with E-state index in [4.69, 9.17) is 5.14 Å². The van der Waals surface area contributed by atoms with Crippen LogP contribution in [0.25, 0.3) is 0 Å². The molecule has 0 aliphatic heterocycles. The molecule has 0 aliphatic carbocycles. The third-order valence-corrected chi connectivity index (χ3v) is 4.18. The molecule has 0 atom stereocenters. The Labute approximate surface area is 107 Å². The van der Waals surface area contributed by atoms with Crippen LogP contribution in [0, 0.1) is 5.82 Å². The van der Waals surface area contributed by atoms with Crippen LogP contribution in [0.3, 0.4) is 0 Å². The summed E-state index contributed by atoms with van der Waals surface area (Å²) < 4.78 is 36.0. The van der Waals surface area contributed by atoms with E-state index in [1.807, 2.05) is 20.8 Å². The minimum Gasteiger partial charge on any atom is -0.378 e. The van der Waals surface area contributed by atoms with E-state index in [1.54, 1.807) is 0 Å². The smallest absolute Gasteiger partial charge is 0.238 e. The predicted octanol–water partition coefficient (Wildman–Crippen LogP) is 2.46. The van der Waals surface area contributed by atoms with E-state index in [0.29, 0.717) is 0 Å². The van der Waals surface area contributed by atoms with Crippen LogP contribution in [0.15, 0.2) is 23.1 Å². The Hall–Kier alpha value is -1.14. The minimum absolute atomic E-state index is 0.218. The van der Waals surface area contributed by atoms with Gasteiger partial charge in [0.15, 0.2) is 0 Å². The lowest BCUT2D eigenvalue weighted by Gasteiger charge is -2.29. The van der Waals surface area contributed by atoms with Crippen LogP contribution in [0.2, 0.25) is 0 Å². The van der Waals surface area contributed by atoms with Crippen molar-refractivity contribution in [1.82, 2.24) is 0 Å². The summed E-state index contributed by atoms with van der Waals surface area (Å²) in [5, 5.41) is 8.03. The van der Waals surface area contributed by atoms with Crippen molar-refractivity contribution in [1.29, 1.82) is 0 Å². The van der Waals surface area contributed by atoms with Gasteiger partial charge in [-0.3, -0.25) is 0 Å². The topological polar surface area (TPSA) is 72.2 Å². The van der Waals surface area contributed by atoms with E-state index in [0.717, 1.165) is 18.9 Å². The number of halogens is 1. The van der Waals surface area contributed by atoms with Gasteiger partial charge in [-0.1, -0.05) is 13.8 Å². The zero-order chi connectivity index (χ0) is 14.0. The van der Waals surface area contributed by atoms with Gasteiger partial charge < -0.3 is 5.32 Å². The Morgan fingerprint density at radius 2 is 1.89 bits per heavy atom. The minimum atomic E-state index is -3.86. The molecule has 0 spiro atoms. The molecule has 1 aromatic rings. The van der Waals surface area contributed by atoms with E-state index < -0.39 is 15.8 Å². The van der Waals surface area contributed by atoms with Crippen molar-refractivity contribution in [3.63, 3.8) is 0 Å². The lowest BCUT2D eigenvalue weighted by atomic mass is 9.95. The fourth-order valence-corrected chi connectivity index (χ4v) is 2.05. The predicted molar refractivity (Wildman–Crippen MR) is 70.4 cm³/mol. The molecule has 1 rings (SSSR count). The van der Waals surface area contributed by atoms with E-state index in [-0.39, 0.29) is 16.1 Å². The third-order valence-electron chi connectivity index (χ3n) is 3.27. The average molecular weight is 274 g/mol. The lowest BCUT2D eigenvalue weighted by molar-refractivity contribution is 0.473. The number of primary sulfonamides is 1. The molecule has 102 valence electrons. The first-order valence-corrected chi connectivity index (χ1v) is 7.37. The molecule has 0 saturated carbocycles. The van der Waals surface area contributed by atoms with Crippen LogP contribution in [-0.4, -0.2) is 14.0 Å². The number of anilines is 1. The second-order valence-electron chi connectivity index (χ2n) is 4.58. The summed E-state index contributed by atoms with van der Waals surface area (Å²) in [5.74, 6) is -0.616. The summed E-state index contributed by atoms with van der Waals surface area (Å²) in [4.78, 5) is -0.222. The molecule has 1 aromatic carbocycles. The fourth-order valence-electron chi connectivity index (χ4n) is 1.53. The van der Waals surface area contributed by atoms with Crippen LogP contribution >= 0.6 is 0 Å². The molecule has 0 unspecified atom stereocenters. The highest BCUT2D eigenvalue weighted by molar-refractivity contribution is 7.89. The van der Waals surface area contributed by atoms with Gasteiger partial charge in [0.05, 0.1) is 10.6 Å². The molecule has 0 bridgehead atoms. The fraction of sp³-hybridized carbons (Fsp3) is 0.500. The van der Waals surface area contributed by atoms with Gasteiger partial charge >= 0.3 is 0 Å². The van der Waals surface area contributed by atoms with Crippen molar-refractivity contribution in [2.75, 3.05) is 5.32 Å². The van der Waals surface area contributed by atoms with Gasteiger partial charge in [-0.05, 0) is 38.0 Å². The monoisotopic (exact) mass is 274 g/mol. The van der Waals surface area contributed by atoms with Crippen LogP contribution in [0.5, 0.6) is 0 Å².